The Morgan fingerprint density at radius 3 is 2.33 bits per heavy atom. The minimum absolute atomic E-state index is 0.888. The van der Waals surface area contributed by atoms with Crippen LogP contribution in [0.2, 0.25) is 0 Å². The molecule has 0 saturated heterocycles. The van der Waals surface area contributed by atoms with E-state index in [1.807, 2.05) is 36.5 Å². The molecule has 2 aromatic carbocycles. The van der Waals surface area contributed by atoms with Crippen LogP contribution in [0.4, 0.5) is 0 Å². The molecule has 0 unspecified atom stereocenters. The predicted octanol–water partition coefficient (Wildman–Crippen LogP) is 3.24. The third-order valence-electron chi connectivity index (χ3n) is 2.86. The first kappa shape index (κ1) is 10.7. The topological polar surface area (TPSA) is 30.7 Å². The van der Waals surface area contributed by atoms with Gasteiger partial charge in [-0.3, -0.25) is 0 Å². The van der Waals surface area contributed by atoms with E-state index in [0.717, 1.165) is 16.9 Å². The number of hydrogen-bond acceptors (Lipinski definition) is 2. The van der Waals surface area contributed by atoms with E-state index in [2.05, 4.69) is 41.5 Å². The molecule has 0 bridgehead atoms. The Hall–Kier alpha value is -2.42. The molecule has 0 fully saturated rings. The molecule has 1 heterocycles. The Morgan fingerprint density at radius 1 is 0.889 bits per heavy atom. The summed E-state index contributed by atoms with van der Waals surface area (Å²) in [6, 6.07) is 18.3. The summed E-state index contributed by atoms with van der Waals surface area (Å²) in [5.41, 5.74) is 4.24. The van der Waals surface area contributed by atoms with Crippen molar-refractivity contribution in [2.45, 2.75) is 6.92 Å². The maximum atomic E-state index is 4.21. The standard InChI is InChI=1S/C15H13N3/c1-12-7-9-13(10-8-12)15-11-18(17-16-15)14-5-3-2-4-6-14/h2-11H,1H3. The highest BCUT2D eigenvalue weighted by atomic mass is 15.4. The number of aromatic nitrogens is 3. The molecule has 0 saturated carbocycles. The van der Waals surface area contributed by atoms with Gasteiger partial charge in [-0.1, -0.05) is 53.2 Å². The van der Waals surface area contributed by atoms with E-state index in [-0.39, 0.29) is 0 Å². The summed E-state index contributed by atoms with van der Waals surface area (Å²) in [6.45, 7) is 2.07. The molecule has 3 aromatic rings. The van der Waals surface area contributed by atoms with Crippen LogP contribution in [0.15, 0.2) is 60.8 Å². The molecular weight excluding hydrogens is 222 g/mol. The lowest BCUT2D eigenvalue weighted by molar-refractivity contribution is 0.804. The van der Waals surface area contributed by atoms with E-state index < -0.39 is 0 Å². The monoisotopic (exact) mass is 235 g/mol. The van der Waals surface area contributed by atoms with Crippen molar-refractivity contribution >= 4 is 0 Å². The second-order valence-electron chi connectivity index (χ2n) is 4.25. The van der Waals surface area contributed by atoms with Crippen LogP contribution in [0.5, 0.6) is 0 Å². The molecule has 0 aliphatic rings. The summed E-state index contributed by atoms with van der Waals surface area (Å²) < 4.78 is 1.79. The van der Waals surface area contributed by atoms with Crippen LogP contribution in [-0.4, -0.2) is 15.0 Å². The van der Waals surface area contributed by atoms with Gasteiger partial charge in [0.25, 0.3) is 0 Å². The van der Waals surface area contributed by atoms with Crippen molar-refractivity contribution in [1.82, 2.24) is 15.0 Å². The Labute approximate surface area is 106 Å². The Morgan fingerprint density at radius 2 is 1.61 bits per heavy atom. The molecule has 3 rings (SSSR count). The van der Waals surface area contributed by atoms with Gasteiger partial charge in [-0.25, -0.2) is 4.68 Å². The first-order chi connectivity index (χ1) is 8.83. The summed E-state index contributed by atoms with van der Waals surface area (Å²) in [5, 5.41) is 8.36. The van der Waals surface area contributed by atoms with Gasteiger partial charge in [0.05, 0.1) is 11.9 Å². The van der Waals surface area contributed by atoms with Crippen molar-refractivity contribution in [3.8, 4) is 16.9 Å². The van der Waals surface area contributed by atoms with Crippen LogP contribution in [-0.2, 0) is 0 Å². The lowest BCUT2D eigenvalue weighted by Gasteiger charge is -1.98. The second kappa shape index (κ2) is 4.45. The molecule has 0 radical (unpaired) electrons. The zero-order valence-corrected chi connectivity index (χ0v) is 10.1. The fourth-order valence-corrected chi connectivity index (χ4v) is 1.83. The maximum Gasteiger partial charge on any atom is 0.113 e. The number of aryl methyl sites for hydroxylation is 1. The van der Waals surface area contributed by atoms with Crippen LogP contribution in [0.1, 0.15) is 5.56 Å². The number of para-hydroxylation sites is 1. The summed E-state index contributed by atoms with van der Waals surface area (Å²) in [7, 11) is 0. The van der Waals surface area contributed by atoms with Crippen molar-refractivity contribution in [1.29, 1.82) is 0 Å². The van der Waals surface area contributed by atoms with Crippen molar-refractivity contribution in [3.05, 3.63) is 66.4 Å². The molecule has 0 atom stereocenters. The summed E-state index contributed by atoms with van der Waals surface area (Å²) in [5.74, 6) is 0. The Balaban J connectivity index is 1.97. The van der Waals surface area contributed by atoms with Gasteiger partial charge in [-0.05, 0) is 19.1 Å². The quantitative estimate of drug-likeness (QED) is 0.682. The molecule has 0 aliphatic heterocycles. The fourth-order valence-electron chi connectivity index (χ4n) is 1.83. The molecule has 3 heteroatoms. The highest BCUT2D eigenvalue weighted by Gasteiger charge is 2.04. The van der Waals surface area contributed by atoms with Gasteiger partial charge in [0.1, 0.15) is 5.69 Å². The molecule has 18 heavy (non-hydrogen) atoms. The average molecular weight is 235 g/mol. The minimum atomic E-state index is 0.888. The first-order valence-corrected chi connectivity index (χ1v) is 5.88. The normalized spacial score (nSPS) is 10.5. The van der Waals surface area contributed by atoms with E-state index in [9.17, 15) is 0 Å². The molecule has 88 valence electrons. The van der Waals surface area contributed by atoms with Crippen LogP contribution in [0, 0.1) is 6.92 Å². The van der Waals surface area contributed by atoms with Gasteiger partial charge < -0.3 is 0 Å². The Bertz CT molecular complexity index is 639. The van der Waals surface area contributed by atoms with Gasteiger partial charge in [0.15, 0.2) is 0 Å². The molecule has 0 spiro atoms. The van der Waals surface area contributed by atoms with Crippen molar-refractivity contribution in [2.75, 3.05) is 0 Å². The number of benzene rings is 2. The molecule has 0 N–H and O–H groups in total. The third kappa shape index (κ3) is 2.02. The van der Waals surface area contributed by atoms with Gasteiger partial charge in [-0.15, -0.1) is 5.10 Å². The zero-order chi connectivity index (χ0) is 12.4. The lowest BCUT2D eigenvalue weighted by atomic mass is 10.1. The van der Waals surface area contributed by atoms with E-state index in [1.165, 1.54) is 5.56 Å². The molecule has 0 aliphatic carbocycles. The lowest BCUT2D eigenvalue weighted by Crippen LogP contribution is -1.93. The first-order valence-electron chi connectivity index (χ1n) is 5.88. The summed E-state index contributed by atoms with van der Waals surface area (Å²) in [6.07, 6.45) is 1.94. The average Bonchev–Trinajstić information content (AvgIpc) is 2.90. The highest BCUT2D eigenvalue weighted by molar-refractivity contribution is 5.58. The Kier molecular flexibility index (Phi) is 2.65. The van der Waals surface area contributed by atoms with Gasteiger partial charge in [0.2, 0.25) is 0 Å². The number of hydrogen-bond donors (Lipinski definition) is 0. The largest absolute Gasteiger partial charge is 0.220 e. The van der Waals surface area contributed by atoms with Gasteiger partial charge in [-0.2, -0.15) is 0 Å². The number of nitrogens with zero attached hydrogens (tertiary/aromatic N) is 3. The summed E-state index contributed by atoms with van der Waals surface area (Å²) >= 11 is 0. The molecule has 1 aromatic heterocycles. The maximum absolute atomic E-state index is 4.21. The van der Waals surface area contributed by atoms with Crippen LogP contribution < -0.4 is 0 Å². The van der Waals surface area contributed by atoms with Gasteiger partial charge >= 0.3 is 0 Å². The van der Waals surface area contributed by atoms with Crippen LogP contribution in [0.3, 0.4) is 0 Å². The SMILES string of the molecule is Cc1ccc(-c2cn(-c3ccccc3)nn2)cc1. The van der Waals surface area contributed by atoms with Crippen molar-refractivity contribution in [2.24, 2.45) is 0 Å². The summed E-state index contributed by atoms with van der Waals surface area (Å²) in [4.78, 5) is 0. The zero-order valence-electron chi connectivity index (χ0n) is 10.1. The third-order valence-corrected chi connectivity index (χ3v) is 2.86. The molecular formula is C15H13N3. The molecule has 0 amide bonds. The van der Waals surface area contributed by atoms with E-state index in [0.29, 0.717) is 0 Å². The van der Waals surface area contributed by atoms with Crippen LogP contribution >= 0.6 is 0 Å². The van der Waals surface area contributed by atoms with Crippen LogP contribution in [0.25, 0.3) is 16.9 Å². The highest BCUT2D eigenvalue weighted by Crippen LogP contribution is 2.17. The smallest absolute Gasteiger partial charge is 0.113 e. The fraction of sp³-hybridized carbons (Fsp3) is 0.0667. The van der Waals surface area contributed by atoms with Crippen molar-refractivity contribution < 1.29 is 0 Å². The minimum Gasteiger partial charge on any atom is -0.220 e. The van der Waals surface area contributed by atoms with Gasteiger partial charge in [0, 0.05) is 5.56 Å². The second-order valence-corrected chi connectivity index (χ2v) is 4.25. The molecule has 3 nitrogen and oxygen atoms in total. The number of rotatable bonds is 2. The van der Waals surface area contributed by atoms with E-state index >= 15 is 0 Å². The van der Waals surface area contributed by atoms with Crippen molar-refractivity contribution in [3.63, 3.8) is 0 Å². The predicted molar refractivity (Wildman–Crippen MR) is 71.5 cm³/mol. The van der Waals surface area contributed by atoms with E-state index in [1.54, 1.807) is 4.68 Å². The van der Waals surface area contributed by atoms with E-state index in [4.69, 9.17) is 0 Å².